The van der Waals surface area contributed by atoms with E-state index in [1.807, 2.05) is 24.4 Å². The third-order valence-corrected chi connectivity index (χ3v) is 8.61. The number of aromatic nitrogens is 1. The first-order valence-electron chi connectivity index (χ1n) is 7.70. The minimum absolute atomic E-state index is 0.213. The highest BCUT2D eigenvalue weighted by atomic mass is 28.4. The molecule has 2 rings (SSSR count). The second kappa shape index (κ2) is 6.52. The summed E-state index contributed by atoms with van der Waals surface area (Å²) in [7, 11) is -1.76. The fourth-order valence-electron chi connectivity index (χ4n) is 1.80. The maximum atomic E-state index is 6.29. The molecule has 118 valence electrons. The fourth-order valence-corrected chi connectivity index (χ4v) is 2.83. The van der Waals surface area contributed by atoms with E-state index in [0.717, 1.165) is 18.0 Å². The monoisotopic (exact) mass is 314 g/mol. The molecule has 1 aromatic carbocycles. The predicted molar refractivity (Wildman–Crippen MR) is 95.8 cm³/mol. The van der Waals surface area contributed by atoms with Gasteiger partial charge in [-0.15, -0.1) is 0 Å². The van der Waals surface area contributed by atoms with E-state index < -0.39 is 8.32 Å². The molecule has 1 N–H and O–H groups in total. The van der Waals surface area contributed by atoms with Crippen LogP contribution >= 0.6 is 0 Å². The summed E-state index contributed by atoms with van der Waals surface area (Å²) < 4.78 is 6.29. The van der Waals surface area contributed by atoms with E-state index in [1.54, 1.807) is 6.20 Å². The minimum atomic E-state index is -1.76. The molecule has 0 radical (unpaired) electrons. The molecule has 2 aromatic rings. The van der Waals surface area contributed by atoms with Crippen molar-refractivity contribution in [3.63, 3.8) is 0 Å². The second-order valence-corrected chi connectivity index (χ2v) is 11.8. The third kappa shape index (κ3) is 4.34. The second-order valence-electron chi connectivity index (χ2n) is 7.10. The first kappa shape index (κ1) is 16.6. The van der Waals surface area contributed by atoms with E-state index in [0.29, 0.717) is 0 Å². The molecule has 0 amide bonds. The molecule has 0 bridgehead atoms. The number of nitrogens with one attached hydrogen (secondary N) is 1. The Morgan fingerprint density at radius 1 is 1.09 bits per heavy atom. The van der Waals surface area contributed by atoms with Gasteiger partial charge in [-0.05, 0) is 54.0 Å². The zero-order valence-electron chi connectivity index (χ0n) is 14.2. The van der Waals surface area contributed by atoms with Crippen molar-refractivity contribution in [3.8, 4) is 5.75 Å². The zero-order chi connectivity index (χ0) is 16.2. The summed E-state index contributed by atoms with van der Waals surface area (Å²) in [6.45, 7) is 12.1. The van der Waals surface area contributed by atoms with Crippen LogP contribution in [0.25, 0.3) is 0 Å². The van der Waals surface area contributed by atoms with Gasteiger partial charge >= 0.3 is 0 Å². The van der Waals surface area contributed by atoms with Crippen LogP contribution in [-0.4, -0.2) is 13.3 Å². The summed E-state index contributed by atoms with van der Waals surface area (Å²) in [6, 6.07) is 12.2. The van der Waals surface area contributed by atoms with E-state index in [-0.39, 0.29) is 5.04 Å². The smallest absolute Gasteiger partial charge is 0.250 e. The highest BCUT2D eigenvalue weighted by Gasteiger charge is 2.38. The molecule has 4 heteroatoms. The number of anilines is 1. The molecule has 0 aliphatic rings. The van der Waals surface area contributed by atoms with Gasteiger partial charge in [0.1, 0.15) is 5.75 Å². The van der Waals surface area contributed by atoms with Crippen LogP contribution < -0.4 is 9.74 Å². The van der Waals surface area contributed by atoms with Crippen molar-refractivity contribution < 1.29 is 4.43 Å². The van der Waals surface area contributed by atoms with Crippen molar-refractivity contribution in [3.05, 3.63) is 54.4 Å². The van der Waals surface area contributed by atoms with Crippen LogP contribution in [0.5, 0.6) is 5.75 Å². The van der Waals surface area contributed by atoms with Gasteiger partial charge < -0.3 is 9.74 Å². The van der Waals surface area contributed by atoms with E-state index in [4.69, 9.17) is 4.43 Å². The quantitative estimate of drug-likeness (QED) is 0.782. The van der Waals surface area contributed by atoms with Gasteiger partial charge in [0.2, 0.25) is 8.32 Å². The Kier molecular flexibility index (Phi) is 4.91. The number of rotatable bonds is 5. The first-order valence-corrected chi connectivity index (χ1v) is 10.6. The van der Waals surface area contributed by atoms with Crippen LogP contribution in [0.3, 0.4) is 0 Å². The average Bonchev–Trinajstić information content (AvgIpc) is 2.46. The molecule has 0 fully saturated rings. The molecule has 0 unspecified atom stereocenters. The topological polar surface area (TPSA) is 34.1 Å². The van der Waals surface area contributed by atoms with Crippen LogP contribution in [0.1, 0.15) is 26.3 Å². The van der Waals surface area contributed by atoms with Crippen molar-refractivity contribution in [2.45, 2.75) is 45.4 Å². The van der Waals surface area contributed by atoms with Gasteiger partial charge in [-0.25, -0.2) is 0 Å². The third-order valence-electron chi connectivity index (χ3n) is 4.25. The molecule has 0 saturated carbocycles. The standard InChI is InChI=1S/C18H26N2OSi/c1-18(2,3)22(4,5)21-17-10-8-16(9-11-17)20-14-15-7-6-12-19-13-15/h6-13,20H,14H2,1-5H3. The van der Waals surface area contributed by atoms with E-state index in [9.17, 15) is 0 Å². The fraction of sp³-hybridized carbons (Fsp3) is 0.389. The minimum Gasteiger partial charge on any atom is -0.544 e. The van der Waals surface area contributed by atoms with Crippen LogP contribution in [-0.2, 0) is 6.54 Å². The Bertz CT molecular complexity index is 589. The largest absolute Gasteiger partial charge is 0.544 e. The molecule has 0 aliphatic heterocycles. The lowest BCUT2D eigenvalue weighted by atomic mass is 10.2. The van der Waals surface area contributed by atoms with Gasteiger partial charge in [0.15, 0.2) is 0 Å². The molecular weight excluding hydrogens is 288 g/mol. The molecule has 0 saturated heterocycles. The van der Waals surface area contributed by atoms with Gasteiger partial charge in [-0.3, -0.25) is 4.98 Å². The van der Waals surface area contributed by atoms with Gasteiger partial charge in [-0.1, -0.05) is 26.8 Å². The number of hydrogen-bond donors (Lipinski definition) is 1. The first-order chi connectivity index (χ1) is 10.3. The van der Waals surface area contributed by atoms with E-state index in [1.165, 1.54) is 5.56 Å². The van der Waals surface area contributed by atoms with Gasteiger partial charge in [0, 0.05) is 24.6 Å². The number of pyridine rings is 1. The van der Waals surface area contributed by atoms with Crippen molar-refractivity contribution in [1.82, 2.24) is 4.98 Å². The number of nitrogens with zero attached hydrogens (tertiary/aromatic N) is 1. The van der Waals surface area contributed by atoms with Crippen LogP contribution in [0.4, 0.5) is 5.69 Å². The molecule has 0 aliphatic carbocycles. The maximum absolute atomic E-state index is 6.29. The average molecular weight is 315 g/mol. The highest BCUT2D eigenvalue weighted by Crippen LogP contribution is 2.37. The van der Waals surface area contributed by atoms with Crippen LogP contribution in [0.15, 0.2) is 48.8 Å². The van der Waals surface area contributed by atoms with Gasteiger partial charge in [0.05, 0.1) is 0 Å². The lowest BCUT2D eigenvalue weighted by Gasteiger charge is -2.36. The SMILES string of the molecule is CC(C)(C)[Si](C)(C)Oc1ccc(NCc2cccnc2)cc1. The Morgan fingerprint density at radius 3 is 2.32 bits per heavy atom. The summed E-state index contributed by atoms with van der Waals surface area (Å²) in [5.41, 5.74) is 2.26. The Labute approximate surface area is 134 Å². The summed E-state index contributed by atoms with van der Waals surface area (Å²) in [4.78, 5) is 4.12. The van der Waals surface area contributed by atoms with Crippen molar-refractivity contribution in [2.24, 2.45) is 0 Å². The Morgan fingerprint density at radius 2 is 1.77 bits per heavy atom. The zero-order valence-corrected chi connectivity index (χ0v) is 15.2. The summed E-state index contributed by atoms with van der Waals surface area (Å²) in [6.07, 6.45) is 3.67. The van der Waals surface area contributed by atoms with Crippen LogP contribution in [0.2, 0.25) is 18.1 Å². The summed E-state index contributed by atoms with van der Waals surface area (Å²) in [5.74, 6) is 0.957. The molecule has 0 spiro atoms. The summed E-state index contributed by atoms with van der Waals surface area (Å²) >= 11 is 0. The lowest BCUT2D eigenvalue weighted by Crippen LogP contribution is -2.43. The molecular formula is C18H26N2OSi. The van der Waals surface area contributed by atoms with Gasteiger partial charge in [0.25, 0.3) is 0 Å². The van der Waals surface area contributed by atoms with Crippen LogP contribution in [0, 0.1) is 0 Å². The van der Waals surface area contributed by atoms with Crippen molar-refractivity contribution >= 4 is 14.0 Å². The Hall–Kier alpha value is -1.81. The van der Waals surface area contributed by atoms with E-state index in [2.05, 4.69) is 62.4 Å². The Balaban J connectivity index is 1.96. The number of benzene rings is 1. The van der Waals surface area contributed by atoms with Crippen molar-refractivity contribution in [2.75, 3.05) is 5.32 Å². The summed E-state index contributed by atoms with van der Waals surface area (Å²) in [5, 5.41) is 3.61. The van der Waals surface area contributed by atoms with E-state index >= 15 is 0 Å². The van der Waals surface area contributed by atoms with Crippen molar-refractivity contribution in [1.29, 1.82) is 0 Å². The molecule has 0 atom stereocenters. The van der Waals surface area contributed by atoms with Gasteiger partial charge in [-0.2, -0.15) is 0 Å². The predicted octanol–water partition coefficient (Wildman–Crippen LogP) is 5.08. The normalized spacial score (nSPS) is 12.0. The number of hydrogen-bond acceptors (Lipinski definition) is 3. The molecule has 3 nitrogen and oxygen atoms in total. The maximum Gasteiger partial charge on any atom is 0.250 e. The lowest BCUT2D eigenvalue weighted by molar-refractivity contribution is 0.492. The molecule has 22 heavy (non-hydrogen) atoms. The molecule has 1 heterocycles. The highest BCUT2D eigenvalue weighted by molar-refractivity contribution is 6.74. The molecule has 1 aromatic heterocycles.